The van der Waals surface area contributed by atoms with Crippen molar-refractivity contribution in [2.24, 2.45) is 0 Å². The second-order valence-corrected chi connectivity index (χ2v) is 4.01. The van der Waals surface area contributed by atoms with Crippen LogP contribution < -0.4 is 9.64 Å². The average molecular weight is 205 g/mol. The van der Waals surface area contributed by atoms with Crippen LogP contribution in [-0.2, 0) is 4.79 Å². The lowest BCUT2D eigenvalue weighted by atomic mass is 10.1. The SMILES string of the molecule is Cc1ccc2c(c1C)OC(C)C(=O)N2C. The van der Waals surface area contributed by atoms with Crippen molar-refractivity contribution in [2.75, 3.05) is 11.9 Å². The van der Waals surface area contributed by atoms with Crippen LogP contribution in [0.4, 0.5) is 5.69 Å². The number of amides is 1. The van der Waals surface area contributed by atoms with E-state index in [1.165, 1.54) is 5.56 Å². The number of hydrogen-bond acceptors (Lipinski definition) is 2. The normalized spacial score (nSPS) is 19.9. The Morgan fingerprint density at radius 1 is 1.33 bits per heavy atom. The molecule has 1 unspecified atom stereocenters. The molecule has 3 nitrogen and oxygen atoms in total. The van der Waals surface area contributed by atoms with Gasteiger partial charge in [-0.3, -0.25) is 4.79 Å². The molecule has 0 radical (unpaired) electrons. The summed E-state index contributed by atoms with van der Waals surface area (Å²) in [6.07, 6.45) is -0.386. The summed E-state index contributed by atoms with van der Waals surface area (Å²) in [6.45, 7) is 5.84. The van der Waals surface area contributed by atoms with Crippen LogP contribution in [0.5, 0.6) is 5.75 Å². The van der Waals surface area contributed by atoms with Crippen molar-refractivity contribution in [2.45, 2.75) is 26.9 Å². The standard InChI is InChI=1S/C12H15NO2/c1-7-5-6-10-11(8(7)2)15-9(3)12(14)13(10)4/h5-6,9H,1-4H3. The van der Waals surface area contributed by atoms with Gasteiger partial charge in [-0.2, -0.15) is 0 Å². The first-order valence-corrected chi connectivity index (χ1v) is 5.07. The van der Waals surface area contributed by atoms with Crippen molar-refractivity contribution in [1.82, 2.24) is 0 Å². The van der Waals surface area contributed by atoms with E-state index in [1.54, 1.807) is 18.9 Å². The van der Waals surface area contributed by atoms with Crippen molar-refractivity contribution in [3.63, 3.8) is 0 Å². The molecule has 0 fully saturated rings. The van der Waals surface area contributed by atoms with E-state index in [0.717, 1.165) is 17.0 Å². The summed E-state index contributed by atoms with van der Waals surface area (Å²) in [5.41, 5.74) is 3.16. The predicted molar refractivity (Wildman–Crippen MR) is 59.4 cm³/mol. The lowest BCUT2D eigenvalue weighted by molar-refractivity contribution is -0.125. The molecule has 1 atom stereocenters. The fourth-order valence-corrected chi connectivity index (χ4v) is 1.81. The topological polar surface area (TPSA) is 29.5 Å². The smallest absolute Gasteiger partial charge is 0.267 e. The van der Waals surface area contributed by atoms with E-state index >= 15 is 0 Å². The first kappa shape index (κ1) is 10.0. The van der Waals surface area contributed by atoms with E-state index in [9.17, 15) is 4.79 Å². The van der Waals surface area contributed by atoms with E-state index in [4.69, 9.17) is 4.74 Å². The molecule has 0 aliphatic carbocycles. The minimum Gasteiger partial charge on any atom is -0.478 e. The molecule has 1 aliphatic heterocycles. The maximum absolute atomic E-state index is 11.7. The van der Waals surface area contributed by atoms with Crippen LogP contribution in [0.3, 0.4) is 0 Å². The summed E-state index contributed by atoms with van der Waals surface area (Å²) in [7, 11) is 1.79. The Balaban J connectivity index is 2.60. The molecule has 15 heavy (non-hydrogen) atoms. The molecule has 3 heteroatoms. The van der Waals surface area contributed by atoms with Crippen molar-refractivity contribution in [3.8, 4) is 5.75 Å². The summed E-state index contributed by atoms with van der Waals surface area (Å²) in [4.78, 5) is 13.3. The van der Waals surface area contributed by atoms with Crippen molar-refractivity contribution >= 4 is 11.6 Å². The highest BCUT2D eigenvalue weighted by Gasteiger charge is 2.29. The quantitative estimate of drug-likeness (QED) is 0.648. The zero-order chi connectivity index (χ0) is 11.2. The van der Waals surface area contributed by atoms with Gasteiger partial charge in [0.15, 0.2) is 6.10 Å². The summed E-state index contributed by atoms with van der Waals surface area (Å²) in [5, 5.41) is 0. The van der Waals surface area contributed by atoms with Crippen LogP contribution >= 0.6 is 0 Å². The minimum atomic E-state index is -0.386. The van der Waals surface area contributed by atoms with Crippen molar-refractivity contribution in [1.29, 1.82) is 0 Å². The Morgan fingerprint density at radius 2 is 2.00 bits per heavy atom. The minimum absolute atomic E-state index is 0.00533. The van der Waals surface area contributed by atoms with Crippen LogP contribution in [0.15, 0.2) is 12.1 Å². The van der Waals surface area contributed by atoms with Crippen LogP contribution in [0.25, 0.3) is 0 Å². The first-order chi connectivity index (χ1) is 7.02. The van der Waals surface area contributed by atoms with Gasteiger partial charge < -0.3 is 9.64 Å². The van der Waals surface area contributed by atoms with Crippen LogP contribution in [-0.4, -0.2) is 19.1 Å². The summed E-state index contributed by atoms with van der Waals surface area (Å²) >= 11 is 0. The number of likely N-dealkylation sites (N-methyl/N-ethyl adjacent to an activating group) is 1. The van der Waals surface area contributed by atoms with Crippen LogP contribution in [0.1, 0.15) is 18.1 Å². The number of carbonyl (C=O) groups excluding carboxylic acids is 1. The number of fused-ring (bicyclic) bond motifs is 1. The maximum Gasteiger partial charge on any atom is 0.267 e. The van der Waals surface area contributed by atoms with Gasteiger partial charge in [-0.1, -0.05) is 6.07 Å². The van der Waals surface area contributed by atoms with Gasteiger partial charge in [0.1, 0.15) is 5.75 Å². The maximum atomic E-state index is 11.7. The van der Waals surface area contributed by atoms with E-state index in [0.29, 0.717) is 0 Å². The molecule has 0 saturated carbocycles. The Kier molecular flexibility index (Phi) is 2.18. The molecule has 0 spiro atoms. The van der Waals surface area contributed by atoms with E-state index in [2.05, 4.69) is 0 Å². The molecule has 0 saturated heterocycles. The molecular formula is C12H15NO2. The summed E-state index contributed by atoms with van der Waals surface area (Å²) < 4.78 is 5.63. The van der Waals surface area contributed by atoms with E-state index < -0.39 is 0 Å². The molecule has 0 bridgehead atoms. The molecule has 1 heterocycles. The Hall–Kier alpha value is -1.51. The van der Waals surface area contributed by atoms with Crippen LogP contribution in [0, 0.1) is 13.8 Å². The number of ether oxygens (including phenoxy) is 1. The zero-order valence-corrected chi connectivity index (χ0v) is 9.50. The van der Waals surface area contributed by atoms with Crippen LogP contribution in [0.2, 0.25) is 0 Å². The number of anilines is 1. The summed E-state index contributed by atoms with van der Waals surface area (Å²) in [6, 6.07) is 3.94. The predicted octanol–water partition coefficient (Wildman–Crippen LogP) is 2.05. The van der Waals surface area contributed by atoms with Gasteiger partial charge in [-0.05, 0) is 38.0 Å². The van der Waals surface area contributed by atoms with Gasteiger partial charge in [0.2, 0.25) is 0 Å². The van der Waals surface area contributed by atoms with Gasteiger partial charge in [0.25, 0.3) is 5.91 Å². The highest BCUT2D eigenvalue weighted by Crippen LogP contribution is 2.37. The Morgan fingerprint density at radius 3 is 2.67 bits per heavy atom. The monoisotopic (exact) mass is 205 g/mol. The fraction of sp³-hybridized carbons (Fsp3) is 0.417. The van der Waals surface area contributed by atoms with Gasteiger partial charge in [0.05, 0.1) is 5.69 Å². The number of carbonyl (C=O) groups is 1. The van der Waals surface area contributed by atoms with Gasteiger partial charge in [-0.15, -0.1) is 0 Å². The van der Waals surface area contributed by atoms with Gasteiger partial charge in [-0.25, -0.2) is 0 Å². The second-order valence-electron chi connectivity index (χ2n) is 4.01. The molecule has 0 aromatic heterocycles. The van der Waals surface area contributed by atoms with E-state index in [-0.39, 0.29) is 12.0 Å². The third-order valence-corrected chi connectivity index (χ3v) is 2.99. The third kappa shape index (κ3) is 1.39. The number of aryl methyl sites for hydroxylation is 1. The highest BCUT2D eigenvalue weighted by molar-refractivity contribution is 5.99. The second kappa shape index (κ2) is 3.26. The number of nitrogens with zero attached hydrogens (tertiary/aromatic N) is 1. The Labute approximate surface area is 89.7 Å². The zero-order valence-electron chi connectivity index (χ0n) is 9.50. The lowest BCUT2D eigenvalue weighted by Gasteiger charge is -2.31. The Bertz CT molecular complexity index is 426. The highest BCUT2D eigenvalue weighted by atomic mass is 16.5. The molecule has 0 N–H and O–H groups in total. The number of benzene rings is 1. The van der Waals surface area contributed by atoms with Gasteiger partial charge in [0, 0.05) is 7.05 Å². The average Bonchev–Trinajstić information content (AvgIpc) is 2.21. The molecule has 1 aliphatic rings. The van der Waals surface area contributed by atoms with Gasteiger partial charge >= 0.3 is 0 Å². The fourth-order valence-electron chi connectivity index (χ4n) is 1.81. The first-order valence-electron chi connectivity index (χ1n) is 5.07. The molecule has 80 valence electrons. The lowest BCUT2D eigenvalue weighted by Crippen LogP contribution is -2.42. The molecule has 1 aromatic carbocycles. The summed E-state index contributed by atoms with van der Waals surface area (Å²) in [5.74, 6) is 0.843. The van der Waals surface area contributed by atoms with E-state index in [1.807, 2.05) is 26.0 Å². The molecule has 1 aromatic rings. The number of rotatable bonds is 0. The number of hydrogen-bond donors (Lipinski definition) is 0. The largest absolute Gasteiger partial charge is 0.478 e. The van der Waals surface area contributed by atoms with Crippen molar-refractivity contribution < 1.29 is 9.53 Å². The molecular weight excluding hydrogens is 190 g/mol. The molecule has 1 amide bonds. The third-order valence-electron chi connectivity index (χ3n) is 2.99. The van der Waals surface area contributed by atoms with Crippen molar-refractivity contribution in [3.05, 3.63) is 23.3 Å². The molecule has 2 rings (SSSR count).